The van der Waals surface area contributed by atoms with E-state index in [4.69, 9.17) is 0 Å². The first-order valence-electron chi connectivity index (χ1n) is 6.04. The number of hydrogen-bond donors (Lipinski definition) is 1. The molecule has 0 radical (unpaired) electrons. The van der Waals surface area contributed by atoms with E-state index in [2.05, 4.69) is 55.3 Å². The summed E-state index contributed by atoms with van der Waals surface area (Å²) in [6, 6.07) is 8.71. The largest absolute Gasteiger partial charge is 0.314 e. The number of hydrogen-bond acceptors (Lipinski definition) is 2. The van der Waals surface area contributed by atoms with E-state index in [1.165, 1.54) is 16.5 Å². The van der Waals surface area contributed by atoms with Gasteiger partial charge in [-0.25, -0.2) is 0 Å². The van der Waals surface area contributed by atoms with Crippen LogP contribution in [0, 0.1) is 6.92 Å². The number of benzene rings is 1. The number of rotatable bonds is 3. The maximum absolute atomic E-state index is 4.42. The van der Waals surface area contributed by atoms with Gasteiger partial charge in [0.1, 0.15) is 0 Å². The Bertz CT molecular complexity index is 529. The second kappa shape index (κ2) is 4.46. The third kappa shape index (κ3) is 2.83. The number of fused-ring (bicyclic) bond motifs is 1. The fourth-order valence-electron chi connectivity index (χ4n) is 2.00. The molecule has 0 aliphatic rings. The summed E-state index contributed by atoms with van der Waals surface area (Å²) in [5.74, 6) is 0. The van der Waals surface area contributed by atoms with Gasteiger partial charge in [-0.3, -0.25) is 4.98 Å². The molecule has 2 heteroatoms. The molecular weight excluding hydrogens is 208 g/mol. The van der Waals surface area contributed by atoms with E-state index in [1.807, 2.05) is 13.2 Å². The first-order chi connectivity index (χ1) is 8.00. The molecule has 17 heavy (non-hydrogen) atoms. The van der Waals surface area contributed by atoms with Gasteiger partial charge < -0.3 is 5.32 Å². The molecule has 0 aliphatic carbocycles. The molecule has 2 rings (SSSR count). The lowest BCUT2D eigenvalue weighted by Gasteiger charge is -2.24. The van der Waals surface area contributed by atoms with Crippen LogP contribution in [0.25, 0.3) is 10.9 Å². The summed E-state index contributed by atoms with van der Waals surface area (Å²) in [5, 5.41) is 4.56. The van der Waals surface area contributed by atoms with Gasteiger partial charge in [0.2, 0.25) is 0 Å². The molecule has 1 N–H and O–H groups in total. The van der Waals surface area contributed by atoms with E-state index in [0.717, 1.165) is 11.9 Å². The smallest absolute Gasteiger partial charge is 0.0702 e. The van der Waals surface area contributed by atoms with Crippen LogP contribution >= 0.6 is 0 Å². The third-order valence-corrected chi connectivity index (χ3v) is 3.21. The Morgan fingerprint density at radius 3 is 2.71 bits per heavy atom. The molecule has 0 spiro atoms. The lowest BCUT2D eigenvalue weighted by molar-refractivity contribution is 0.422. The van der Waals surface area contributed by atoms with Crippen molar-refractivity contribution in [2.45, 2.75) is 32.7 Å². The predicted molar refractivity (Wildman–Crippen MR) is 73.3 cm³/mol. The average Bonchev–Trinajstić information content (AvgIpc) is 2.28. The highest BCUT2D eigenvalue weighted by Gasteiger charge is 2.15. The Labute approximate surface area is 103 Å². The molecule has 0 amide bonds. The van der Waals surface area contributed by atoms with Crippen molar-refractivity contribution in [3.05, 3.63) is 41.6 Å². The molecule has 0 aliphatic heterocycles. The number of likely N-dealkylation sites (N-methyl/N-ethyl adjacent to an activating group) is 1. The Morgan fingerprint density at radius 2 is 2.00 bits per heavy atom. The van der Waals surface area contributed by atoms with Crippen molar-refractivity contribution >= 4 is 10.9 Å². The van der Waals surface area contributed by atoms with Crippen molar-refractivity contribution in [2.24, 2.45) is 0 Å². The first-order valence-corrected chi connectivity index (χ1v) is 6.04. The maximum atomic E-state index is 4.42. The standard InChI is InChI=1S/C15H20N2/c1-11-7-13-8-12(9-15(2,3)16-4)5-6-14(13)17-10-11/h5-8,10,16H,9H2,1-4H3. The van der Waals surface area contributed by atoms with Crippen molar-refractivity contribution in [1.29, 1.82) is 0 Å². The highest BCUT2D eigenvalue weighted by molar-refractivity contribution is 5.79. The van der Waals surface area contributed by atoms with Gasteiger partial charge in [-0.2, -0.15) is 0 Å². The van der Waals surface area contributed by atoms with Crippen LogP contribution in [0.5, 0.6) is 0 Å². The van der Waals surface area contributed by atoms with E-state index in [9.17, 15) is 0 Å². The van der Waals surface area contributed by atoms with Gasteiger partial charge >= 0.3 is 0 Å². The molecular formula is C15H20N2. The van der Waals surface area contributed by atoms with Crippen molar-refractivity contribution < 1.29 is 0 Å². The second-order valence-corrected chi connectivity index (χ2v) is 5.35. The molecule has 2 nitrogen and oxygen atoms in total. The lowest BCUT2D eigenvalue weighted by atomic mass is 9.94. The fourth-order valence-corrected chi connectivity index (χ4v) is 2.00. The topological polar surface area (TPSA) is 24.9 Å². The molecule has 0 atom stereocenters. The minimum atomic E-state index is 0.130. The van der Waals surface area contributed by atoms with Crippen LogP contribution < -0.4 is 5.32 Å². The van der Waals surface area contributed by atoms with E-state index in [0.29, 0.717) is 0 Å². The van der Waals surface area contributed by atoms with Crippen LogP contribution in [0.2, 0.25) is 0 Å². The number of aromatic nitrogens is 1. The van der Waals surface area contributed by atoms with Gasteiger partial charge in [0, 0.05) is 17.1 Å². The molecule has 0 bridgehead atoms. The van der Waals surface area contributed by atoms with Crippen LogP contribution in [0.4, 0.5) is 0 Å². The van der Waals surface area contributed by atoms with E-state index in [1.54, 1.807) is 0 Å². The van der Waals surface area contributed by atoms with Crippen molar-refractivity contribution in [2.75, 3.05) is 7.05 Å². The number of nitrogens with one attached hydrogen (secondary N) is 1. The zero-order valence-corrected chi connectivity index (χ0v) is 11.0. The molecule has 0 saturated carbocycles. The highest BCUT2D eigenvalue weighted by atomic mass is 14.9. The highest BCUT2D eigenvalue weighted by Crippen LogP contribution is 2.18. The van der Waals surface area contributed by atoms with Crippen LogP contribution in [-0.4, -0.2) is 17.6 Å². The maximum Gasteiger partial charge on any atom is 0.0702 e. The summed E-state index contributed by atoms with van der Waals surface area (Å²) >= 11 is 0. The minimum Gasteiger partial charge on any atom is -0.314 e. The van der Waals surface area contributed by atoms with Crippen LogP contribution in [0.15, 0.2) is 30.5 Å². The van der Waals surface area contributed by atoms with E-state index in [-0.39, 0.29) is 5.54 Å². The zero-order valence-electron chi connectivity index (χ0n) is 11.0. The van der Waals surface area contributed by atoms with Gasteiger partial charge in [-0.15, -0.1) is 0 Å². The molecule has 1 aromatic carbocycles. The van der Waals surface area contributed by atoms with E-state index < -0.39 is 0 Å². The zero-order chi connectivity index (χ0) is 12.5. The molecule has 90 valence electrons. The van der Waals surface area contributed by atoms with Crippen molar-refractivity contribution in [3.8, 4) is 0 Å². The Balaban J connectivity index is 2.37. The van der Waals surface area contributed by atoms with Crippen LogP contribution in [-0.2, 0) is 6.42 Å². The second-order valence-electron chi connectivity index (χ2n) is 5.35. The Hall–Kier alpha value is -1.41. The van der Waals surface area contributed by atoms with Crippen molar-refractivity contribution in [1.82, 2.24) is 10.3 Å². The first kappa shape index (κ1) is 12.1. The summed E-state index contributed by atoms with van der Waals surface area (Å²) in [6.07, 6.45) is 2.94. The SMILES string of the molecule is CNC(C)(C)Cc1ccc2ncc(C)cc2c1. The summed E-state index contributed by atoms with van der Waals surface area (Å²) < 4.78 is 0. The van der Waals surface area contributed by atoms with Gasteiger partial charge in [0.25, 0.3) is 0 Å². The molecule has 1 heterocycles. The van der Waals surface area contributed by atoms with Crippen LogP contribution in [0.3, 0.4) is 0 Å². The summed E-state index contributed by atoms with van der Waals surface area (Å²) in [7, 11) is 2.01. The Morgan fingerprint density at radius 1 is 1.24 bits per heavy atom. The van der Waals surface area contributed by atoms with E-state index >= 15 is 0 Å². The summed E-state index contributed by atoms with van der Waals surface area (Å²) in [6.45, 7) is 6.51. The normalized spacial score (nSPS) is 12.0. The minimum absolute atomic E-state index is 0.130. The molecule has 1 aromatic heterocycles. The fraction of sp³-hybridized carbons (Fsp3) is 0.400. The molecule has 0 fully saturated rings. The molecule has 0 saturated heterocycles. The monoisotopic (exact) mass is 228 g/mol. The third-order valence-electron chi connectivity index (χ3n) is 3.21. The van der Waals surface area contributed by atoms with Crippen molar-refractivity contribution in [3.63, 3.8) is 0 Å². The van der Waals surface area contributed by atoms with Gasteiger partial charge in [-0.05, 0) is 63.6 Å². The summed E-state index contributed by atoms with van der Waals surface area (Å²) in [4.78, 5) is 4.42. The summed E-state index contributed by atoms with van der Waals surface area (Å²) in [5.41, 5.74) is 3.76. The Kier molecular flexibility index (Phi) is 3.16. The van der Waals surface area contributed by atoms with Gasteiger partial charge in [-0.1, -0.05) is 6.07 Å². The van der Waals surface area contributed by atoms with Gasteiger partial charge in [0.15, 0.2) is 0 Å². The molecule has 0 unspecified atom stereocenters. The average molecular weight is 228 g/mol. The molecule has 2 aromatic rings. The number of pyridine rings is 1. The lowest BCUT2D eigenvalue weighted by Crippen LogP contribution is -2.38. The predicted octanol–water partition coefficient (Wildman–Crippen LogP) is 3.08. The number of aryl methyl sites for hydroxylation is 1. The quantitative estimate of drug-likeness (QED) is 0.873. The van der Waals surface area contributed by atoms with Gasteiger partial charge in [0.05, 0.1) is 5.52 Å². The number of nitrogens with zero attached hydrogens (tertiary/aromatic N) is 1. The van der Waals surface area contributed by atoms with Crippen LogP contribution in [0.1, 0.15) is 25.0 Å².